The van der Waals surface area contributed by atoms with E-state index in [2.05, 4.69) is 9.78 Å². The molecule has 2 aromatic rings. The molecule has 1 aliphatic rings. The van der Waals surface area contributed by atoms with Crippen molar-refractivity contribution >= 4 is 11.6 Å². The van der Waals surface area contributed by atoms with Crippen LogP contribution in [0.2, 0.25) is 5.02 Å². The molecule has 1 heterocycles. The van der Waals surface area contributed by atoms with E-state index in [1.54, 1.807) is 0 Å². The summed E-state index contributed by atoms with van der Waals surface area (Å²) in [4.78, 5) is 0. The van der Waals surface area contributed by atoms with Gasteiger partial charge in [0.05, 0.1) is 17.3 Å². The first-order valence-corrected chi connectivity index (χ1v) is 7.95. The van der Waals surface area contributed by atoms with Gasteiger partial charge in [-0.2, -0.15) is 5.10 Å². The SMILES string of the molecule is CC(O)(Cc1ccn(C2CCCC2)n1)c1cccc(Cl)c1. The lowest BCUT2D eigenvalue weighted by Crippen LogP contribution is -2.24. The van der Waals surface area contributed by atoms with Crippen LogP contribution in [0, 0.1) is 0 Å². The van der Waals surface area contributed by atoms with Crippen LogP contribution in [0.15, 0.2) is 36.5 Å². The molecule has 1 aromatic carbocycles. The first kappa shape index (κ1) is 14.6. The first-order chi connectivity index (χ1) is 10.0. The molecule has 112 valence electrons. The summed E-state index contributed by atoms with van der Waals surface area (Å²) in [5.74, 6) is 0. The highest BCUT2D eigenvalue weighted by atomic mass is 35.5. The van der Waals surface area contributed by atoms with Crippen molar-refractivity contribution in [3.05, 3.63) is 52.8 Å². The van der Waals surface area contributed by atoms with E-state index in [0.717, 1.165) is 11.3 Å². The number of benzene rings is 1. The number of nitrogens with zero attached hydrogens (tertiary/aromatic N) is 2. The van der Waals surface area contributed by atoms with Gasteiger partial charge in [-0.05, 0) is 43.5 Å². The van der Waals surface area contributed by atoms with Crippen LogP contribution in [0.1, 0.15) is 49.9 Å². The van der Waals surface area contributed by atoms with Gasteiger partial charge in [0.2, 0.25) is 0 Å². The topological polar surface area (TPSA) is 38.0 Å². The number of hydrogen-bond donors (Lipinski definition) is 1. The van der Waals surface area contributed by atoms with Crippen LogP contribution in [0.3, 0.4) is 0 Å². The van der Waals surface area contributed by atoms with Crippen molar-refractivity contribution in [3.8, 4) is 0 Å². The largest absolute Gasteiger partial charge is 0.385 e. The van der Waals surface area contributed by atoms with Crippen molar-refractivity contribution in [1.29, 1.82) is 0 Å². The van der Waals surface area contributed by atoms with Gasteiger partial charge in [0, 0.05) is 17.6 Å². The Morgan fingerprint density at radius 2 is 2.10 bits per heavy atom. The van der Waals surface area contributed by atoms with Crippen LogP contribution in [0.4, 0.5) is 0 Å². The molecule has 0 amide bonds. The second kappa shape index (κ2) is 5.82. The van der Waals surface area contributed by atoms with Gasteiger partial charge in [0.1, 0.15) is 0 Å². The molecule has 0 radical (unpaired) electrons. The lowest BCUT2D eigenvalue weighted by Gasteiger charge is -2.23. The average Bonchev–Trinajstić information content (AvgIpc) is 3.08. The highest BCUT2D eigenvalue weighted by Crippen LogP contribution is 2.30. The minimum absolute atomic E-state index is 0.493. The predicted octanol–water partition coefficient (Wildman–Crippen LogP) is 4.10. The summed E-state index contributed by atoms with van der Waals surface area (Å²) in [6.45, 7) is 1.81. The van der Waals surface area contributed by atoms with Crippen LogP contribution < -0.4 is 0 Å². The molecule has 0 saturated heterocycles. The summed E-state index contributed by atoms with van der Waals surface area (Å²) in [6, 6.07) is 9.95. The predicted molar refractivity (Wildman–Crippen MR) is 84.5 cm³/mol. The van der Waals surface area contributed by atoms with Crippen LogP contribution >= 0.6 is 11.6 Å². The van der Waals surface area contributed by atoms with E-state index in [1.165, 1.54) is 25.7 Å². The van der Waals surface area contributed by atoms with E-state index in [0.29, 0.717) is 17.5 Å². The minimum atomic E-state index is -0.959. The summed E-state index contributed by atoms with van der Waals surface area (Å²) < 4.78 is 2.07. The highest BCUT2D eigenvalue weighted by molar-refractivity contribution is 6.30. The van der Waals surface area contributed by atoms with E-state index >= 15 is 0 Å². The fraction of sp³-hybridized carbons (Fsp3) is 0.471. The first-order valence-electron chi connectivity index (χ1n) is 7.57. The summed E-state index contributed by atoms with van der Waals surface area (Å²) in [7, 11) is 0. The van der Waals surface area contributed by atoms with E-state index in [9.17, 15) is 5.11 Å². The average molecular weight is 305 g/mol. The van der Waals surface area contributed by atoms with Crippen LogP contribution in [0.25, 0.3) is 0 Å². The monoisotopic (exact) mass is 304 g/mol. The Hall–Kier alpha value is -1.32. The minimum Gasteiger partial charge on any atom is -0.385 e. The number of rotatable bonds is 4. The number of aliphatic hydroxyl groups is 1. The van der Waals surface area contributed by atoms with Crippen LogP contribution in [-0.4, -0.2) is 14.9 Å². The third-order valence-electron chi connectivity index (χ3n) is 4.33. The molecule has 0 bridgehead atoms. The van der Waals surface area contributed by atoms with Gasteiger partial charge in [-0.1, -0.05) is 36.6 Å². The zero-order valence-electron chi connectivity index (χ0n) is 12.3. The maximum absolute atomic E-state index is 10.7. The zero-order valence-corrected chi connectivity index (χ0v) is 13.1. The number of hydrogen-bond acceptors (Lipinski definition) is 2. The summed E-state index contributed by atoms with van der Waals surface area (Å²) in [5, 5.41) is 16.0. The molecule has 0 aliphatic heterocycles. The van der Waals surface area contributed by atoms with Crippen LogP contribution in [-0.2, 0) is 12.0 Å². The fourth-order valence-corrected chi connectivity index (χ4v) is 3.31. The molecule has 1 saturated carbocycles. The Labute approximate surface area is 130 Å². The normalized spacial score (nSPS) is 18.8. The highest BCUT2D eigenvalue weighted by Gasteiger charge is 2.26. The van der Waals surface area contributed by atoms with E-state index in [-0.39, 0.29) is 0 Å². The zero-order chi connectivity index (χ0) is 14.9. The molecule has 1 atom stereocenters. The Balaban J connectivity index is 1.76. The Morgan fingerprint density at radius 1 is 1.33 bits per heavy atom. The fourth-order valence-electron chi connectivity index (χ4n) is 3.12. The van der Waals surface area contributed by atoms with Gasteiger partial charge in [0.25, 0.3) is 0 Å². The lowest BCUT2D eigenvalue weighted by atomic mass is 9.91. The molecule has 1 fully saturated rings. The van der Waals surface area contributed by atoms with Gasteiger partial charge >= 0.3 is 0 Å². The molecule has 1 unspecified atom stereocenters. The van der Waals surface area contributed by atoms with E-state index < -0.39 is 5.60 Å². The second-order valence-corrected chi connectivity index (χ2v) is 6.62. The van der Waals surface area contributed by atoms with Crippen molar-refractivity contribution in [2.24, 2.45) is 0 Å². The van der Waals surface area contributed by atoms with Crippen molar-refractivity contribution in [3.63, 3.8) is 0 Å². The molecule has 3 nitrogen and oxygen atoms in total. The molecule has 1 aromatic heterocycles. The quantitative estimate of drug-likeness (QED) is 0.923. The van der Waals surface area contributed by atoms with Crippen LogP contribution in [0.5, 0.6) is 0 Å². The van der Waals surface area contributed by atoms with E-state index in [4.69, 9.17) is 11.6 Å². The molecule has 21 heavy (non-hydrogen) atoms. The maximum atomic E-state index is 10.7. The smallest absolute Gasteiger partial charge is 0.0924 e. The number of halogens is 1. The van der Waals surface area contributed by atoms with Crippen molar-refractivity contribution < 1.29 is 5.11 Å². The Kier molecular flexibility index (Phi) is 4.05. The number of aromatic nitrogens is 2. The van der Waals surface area contributed by atoms with Gasteiger partial charge in [-0.3, -0.25) is 4.68 Å². The van der Waals surface area contributed by atoms with Gasteiger partial charge < -0.3 is 5.11 Å². The summed E-state index contributed by atoms with van der Waals surface area (Å²) in [5.41, 5.74) is 0.789. The third-order valence-corrected chi connectivity index (χ3v) is 4.57. The summed E-state index contributed by atoms with van der Waals surface area (Å²) >= 11 is 6.01. The van der Waals surface area contributed by atoms with E-state index in [1.807, 2.05) is 43.5 Å². The van der Waals surface area contributed by atoms with Crippen molar-refractivity contribution in [2.75, 3.05) is 0 Å². The Morgan fingerprint density at radius 3 is 2.81 bits per heavy atom. The second-order valence-electron chi connectivity index (χ2n) is 6.19. The summed E-state index contributed by atoms with van der Waals surface area (Å²) in [6.07, 6.45) is 7.55. The lowest BCUT2D eigenvalue weighted by molar-refractivity contribution is 0.0564. The van der Waals surface area contributed by atoms with Gasteiger partial charge in [-0.25, -0.2) is 0 Å². The molecule has 3 rings (SSSR count). The molecular formula is C17H21ClN2O. The molecular weight excluding hydrogens is 284 g/mol. The maximum Gasteiger partial charge on any atom is 0.0924 e. The standard InChI is InChI=1S/C17H21ClN2O/c1-17(21,13-5-4-6-14(18)11-13)12-15-9-10-20(19-15)16-7-2-3-8-16/h4-6,9-11,16,21H,2-3,7-8,12H2,1H3. The third kappa shape index (κ3) is 3.30. The molecule has 1 aliphatic carbocycles. The van der Waals surface area contributed by atoms with Gasteiger partial charge in [-0.15, -0.1) is 0 Å². The molecule has 1 N–H and O–H groups in total. The Bertz CT molecular complexity index is 615. The van der Waals surface area contributed by atoms with Crippen molar-refractivity contribution in [2.45, 2.75) is 50.7 Å². The molecule has 0 spiro atoms. The molecule has 4 heteroatoms. The van der Waals surface area contributed by atoms with Gasteiger partial charge in [0.15, 0.2) is 0 Å². The van der Waals surface area contributed by atoms with Crippen molar-refractivity contribution in [1.82, 2.24) is 9.78 Å².